The zero-order chi connectivity index (χ0) is 35.8. The number of aliphatic hydroxyl groups excluding tert-OH is 1. The van der Waals surface area contributed by atoms with E-state index in [1.165, 1.54) is 30.3 Å². The molecule has 18 heteroatoms. The van der Waals surface area contributed by atoms with Crippen molar-refractivity contribution in [2.75, 3.05) is 56.0 Å². The minimum Gasteiger partial charge on any atom is -0.488 e. The largest absolute Gasteiger partial charge is 0.488 e. The van der Waals surface area contributed by atoms with Crippen LogP contribution < -0.4 is 28.7 Å². The van der Waals surface area contributed by atoms with Gasteiger partial charge in [0.15, 0.2) is 11.5 Å². The molecule has 0 saturated heterocycles. The molecule has 260 valence electrons. The number of aliphatic carboxylic acids is 4. The summed E-state index contributed by atoms with van der Waals surface area (Å²) in [6, 6.07) is 11.0. The number of ether oxygens (including phenoxy) is 4. The fourth-order valence-corrected chi connectivity index (χ4v) is 4.99. The second kappa shape index (κ2) is 15.5. The molecule has 1 aliphatic heterocycles. The number of carbonyl (C=O) groups is 4. The maximum atomic E-state index is 11.8. The van der Waals surface area contributed by atoms with Gasteiger partial charge < -0.3 is 54.3 Å². The number of nitro benzene ring substituents is 1. The predicted molar refractivity (Wildman–Crippen MR) is 167 cm³/mol. The zero-order valence-electron chi connectivity index (χ0n) is 25.8. The lowest BCUT2D eigenvalue weighted by atomic mass is 9.98. The molecule has 18 nitrogen and oxygen atoms in total. The van der Waals surface area contributed by atoms with Gasteiger partial charge in [0.2, 0.25) is 6.79 Å². The van der Waals surface area contributed by atoms with Gasteiger partial charge in [0.1, 0.15) is 57.0 Å². The van der Waals surface area contributed by atoms with Gasteiger partial charge in [-0.3, -0.25) is 29.3 Å². The van der Waals surface area contributed by atoms with E-state index in [1.807, 2.05) is 0 Å². The van der Waals surface area contributed by atoms with Crippen LogP contribution >= 0.6 is 0 Å². The van der Waals surface area contributed by atoms with E-state index < -0.39 is 66.8 Å². The Hall–Kier alpha value is -6.30. The number of rotatable bonds is 18. The highest BCUT2D eigenvalue weighted by molar-refractivity contribution is 5.82. The van der Waals surface area contributed by atoms with Crippen molar-refractivity contribution in [2.24, 2.45) is 0 Å². The van der Waals surface area contributed by atoms with Crippen LogP contribution in [0.2, 0.25) is 0 Å². The van der Waals surface area contributed by atoms with E-state index in [4.69, 9.17) is 18.9 Å². The van der Waals surface area contributed by atoms with Gasteiger partial charge >= 0.3 is 23.9 Å². The molecule has 49 heavy (non-hydrogen) atoms. The summed E-state index contributed by atoms with van der Waals surface area (Å²) in [6.45, 7) is -1.69. The molecular weight excluding hydrogens is 654 g/mol. The highest BCUT2D eigenvalue weighted by Gasteiger charge is 2.29. The van der Waals surface area contributed by atoms with E-state index in [-0.39, 0.29) is 65.5 Å². The standard InChI is InChI=1S/C31H31N3O15/c1-17-2-4-20(32(12-27(35)36)13-28(37)38)23(8-17)46-6-7-47-24-9-18(3-5-21(24)33(14-29(39)40)15-30(41)42)31(43)19-10-25-26(49-16-48-25)11-22(19)34(44)45/h2-5,8-11,31,43H,6-7,12-16H2,1H3,(H,35,36)(H,37,38)(H,39,40)(H,41,42). The van der Waals surface area contributed by atoms with Gasteiger partial charge in [0.05, 0.1) is 27.9 Å². The molecular formula is C31H31N3O15. The third-order valence-corrected chi connectivity index (χ3v) is 7.01. The van der Waals surface area contributed by atoms with Crippen molar-refractivity contribution in [1.29, 1.82) is 0 Å². The molecule has 4 rings (SSSR count). The average molecular weight is 686 g/mol. The topological polar surface area (TPSA) is 256 Å². The van der Waals surface area contributed by atoms with E-state index in [9.17, 15) is 54.8 Å². The van der Waals surface area contributed by atoms with E-state index in [0.29, 0.717) is 5.56 Å². The maximum Gasteiger partial charge on any atom is 0.323 e. The fraction of sp³-hybridized carbons (Fsp3) is 0.290. The van der Waals surface area contributed by atoms with Crippen LogP contribution in [0.5, 0.6) is 23.0 Å². The first-order valence-corrected chi connectivity index (χ1v) is 14.4. The van der Waals surface area contributed by atoms with Crippen molar-refractivity contribution in [3.63, 3.8) is 0 Å². The van der Waals surface area contributed by atoms with Gasteiger partial charge in [-0.15, -0.1) is 0 Å². The minimum absolute atomic E-state index is 0.00581. The fourth-order valence-electron chi connectivity index (χ4n) is 4.99. The number of benzene rings is 3. The number of nitrogens with zero attached hydrogens (tertiary/aromatic N) is 3. The highest BCUT2D eigenvalue weighted by Crippen LogP contribution is 2.43. The van der Waals surface area contributed by atoms with Gasteiger partial charge in [-0.1, -0.05) is 12.1 Å². The van der Waals surface area contributed by atoms with E-state index in [0.717, 1.165) is 15.9 Å². The first-order chi connectivity index (χ1) is 23.2. The Balaban J connectivity index is 1.65. The van der Waals surface area contributed by atoms with E-state index >= 15 is 0 Å². The van der Waals surface area contributed by atoms with Crippen molar-refractivity contribution >= 4 is 40.9 Å². The summed E-state index contributed by atoms with van der Waals surface area (Å²) < 4.78 is 22.2. The second-order valence-electron chi connectivity index (χ2n) is 10.6. The third kappa shape index (κ3) is 9.16. The molecule has 1 aliphatic rings. The van der Waals surface area contributed by atoms with Crippen molar-refractivity contribution in [3.05, 3.63) is 75.3 Å². The van der Waals surface area contributed by atoms with Crippen LogP contribution in [0.3, 0.4) is 0 Å². The summed E-state index contributed by atoms with van der Waals surface area (Å²) in [5, 5.41) is 60.6. The summed E-state index contributed by atoms with van der Waals surface area (Å²) in [6.07, 6.45) is -1.63. The number of carboxylic acid groups (broad SMARTS) is 4. The maximum absolute atomic E-state index is 11.8. The number of hydrogen-bond donors (Lipinski definition) is 5. The molecule has 0 spiro atoms. The Kier molecular flexibility index (Phi) is 11.3. The molecule has 3 aromatic rings. The average Bonchev–Trinajstić information content (AvgIpc) is 3.48. The number of hydrogen-bond acceptors (Lipinski definition) is 13. The van der Waals surface area contributed by atoms with Crippen LogP contribution in [-0.2, 0) is 19.2 Å². The van der Waals surface area contributed by atoms with Gasteiger partial charge in [0.25, 0.3) is 5.69 Å². The first-order valence-electron chi connectivity index (χ1n) is 14.4. The smallest absolute Gasteiger partial charge is 0.323 e. The van der Waals surface area contributed by atoms with Crippen molar-refractivity contribution < 1.29 is 68.6 Å². The lowest BCUT2D eigenvalue weighted by molar-refractivity contribution is -0.386. The van der Waals surface area contributed by atoms with Crippen molar-refractivity contribution in [2.45, 2.75) is 13.0 Å². The number of anilines is 2. The molecule has 0 radical (unpaired) electrons. The molecule has 0 amide bonds. The molecule has 0 aliphatic carbocycles. The molecule has 1 heterocycles. The van der Waals surface area contributed by atoms with Crippen LogP contribution in [0.4, 0.5) is 17.1 Å². The molecule has 5 N–H and O–H groups in total. The highest BCUT2D eigenvalue weighted by atomic mass is 16.7. The van der Waals surface area contributed by atoms with E-state index in [1.54, 1.807) is 19.1 Å². The first kappa shape index (κ1) is 35.6. The third-order valence-electron chi connectivity index (χ3n) is 7.01. The SMILES string of the molecule is Cc1ccc(N(CC(=O)O)CC(=O)O)c(OCCOc2cc(C(O)c3cc4c(cc3[N+](=O)[O-])OCO4)ccc2N(CC(=O)O)CC(=O)O)c1. The molecule has 3 aromatic carbocycles. The molecule has 1 unspecified atom stereocenters. The summed E-state index contributed by atoms with van der Waals surface area (Å²) in [7, 11) is 0. The Labute approximate surface area is 277 Å². The van der Waals surface area contributed by atoms with Gasteiger partial charge in [-0.2, -0.15) is 0 Å². The predicted octanol–water partition coefficient (Wildman–Crippen LogP) is 2.12. The van der Waals surface area contributed by atoms with Crippen LogP contribution in [0.25, 0.3) is 0 Å². The Morgan fingerprint density at radius 1 is 0.776 bits per heavy atom. The number of aryl methyl sites for hydroxylation is 1. The Morgan fingerprint density at radius 3 is 1.73 bits per heavy atom. The van der Waals surface area contributed by atoms with Crippen LogP contribution in [0.1, 0.15) is 22.8 Å². The minimum atomic E-state index is -1.63. The number of nitro groups is 1. The number of fused-ring (bicyclic) bond motifs is 1. The Bertz CT molecular complexity index is 1730. The lowest BCUT2D eigenvalue weighted by Gasteiger charge is -2.25. The second-order valence-corrected chi connectivity index (χ2v) is 10.6. The van der Waals surface area contributed by atoms with Crippen LogP contribution in [0, 0.1) is 17.0 Å². The molecule has 0 aromatic heterocycles. The summed E-state index contributed by atoms with van der Waals surface area (Å²) >= 11 is 0. The van der Waals surface area contributed by atoms with Crippen molar-refractivity contribution in [3.8, 4) is 23.0 Å². The summed E-state index contributed by atoms with van der Waals surface area (Å²) in [5.41, 5.74) is 0.343. The van der Waals surface area contributed by atoms with Crippen LogP contribution in [0.15, 0.2) is 48.5 Å². The van der Waals surface area contributed by atoms with Gasteiger partial charge in [-0.25, -0.2) is 0 Å². The van der Waals surface area contributed by atoms with Gasteiger partial charge in [0, 0.05) is 0 Å². The molecule has 0 bridgehead atoms. The van der Waals surface area contributed by atoms with Gasteiger partial charge in [-0.05, 0) is 48.4 Å². The zero-order valence-corrected chi connectivity index (χ0v) is 25.8. The van der Waals surface area contributed by atoms with E-state index in [2.05, 4.69) is 0 Å². The quantitative estimate of drug-likeness (QED) is 0.0730. The normalized spacial score (nSPS) is 12.1. The van der Waals surface area contributed by atoms with Crippen LogP contribution in [-0.4, -0.2) is 101 Å². The van der Waals surface area contributed by atoms with Crippen molar-refractivity contribution in [1.82, 2.24) is 0 Å². The Morgan fingerprint density at radius 2 is 1.24 bits per heavy atom. The molecule has 1 atom stereocenters. The number of carboxylic acids is 4. The monoisotopic (exact) mass is 685 g/mol. The molecule has 0 fully saturated rings. The lowest BCUT2D eigenvalue weighted by Crippen LogP contribution is -2.35. The summed E-state index contributed by atoms with van der Waals surface area (Å²) in [4.78, 5) is 59.2. The molecule has 0 saturated carbocycles. The number of aliphatic hydroxyl groups is 1. The summed E-state index contributed by atoms with van der Waals surface area (Å²) in [5.74, 6) is -4.93.